The quantitative estimate of drug-likeness (QED) is 0.543. The zero-order valence-corrected chi connectivity index (χ0v) is 16.9. The number of likely N-dealkylation sites (N-methyl/N-ethyl adjacent to an activating group) is 1. The number of rotatable bonds is 3. The van der Waals surface area contributed by atoms with Crippen molar-refractivity contribution in [2.75, 3.05) is 11.9 Å². The molecular formula is C23H17FN6O2. The summed E-state index contributed by atoms with van der Waals surface area (Å²) >= 11 is 0. The molecule has 2 aromatic heterocycles. The van der Waals surface area contributed by atoms with Gasteiger partial charge in [0.1, 0.15) is 11.5 Å². The highest BCUT2D eigenvalue weighted by atomic mass is 19.1. The lowest BCUT2D eigenvalue weighted by Crippen LogP contribution is -2.46. The fraction of sp³-hybridized carbons (Fsp3) is 0.0870. The largest absolute Gasteiger partial charge is 0.321 e. The number of aliphatic imine (C=N–C) groups is 1. The molecule has 2 aromatic carbocycles. The SMILES string of the molecule is CN1C(=O)C(NC(=O)c2cn3cccnc3n2)N=C(c2ccccc2F)c2ccccc21. The third-order valence-electron chi connectivity index (χ3n) is 5.21. The van der Waals surface area contributed by atoms with Gasteiger partial charge in [-0.15, -0.1) is 0 Å². The molecule has 8 nitrogen and oxygen atoms in total. The van der Waals surface area contributed by atoms with E-state index in [0.717, 1.165) is 0 Å². The van der Waals surface area contributed by atoms with Crippen molar-refractivity contribution in [2.24, 2.45) is 4.99 Å². The molecule has 3 heterocycles. The Morgan fingerprint density at radius 3 is 2.59 bits per heavy atom. The lowest BCUT2D eigenvalue weighted by Gasteiger charge is -2.20. The summed E-state index contributed by atoms with van der Waals surface area (Å²) in [6, 6.07) is 15.0. The maximum absolute atomic E-state index is 14.7. The van der Waals surface area contributed by atoms with E-state index in [9.17, 15) is 14.0 Å². The summed E-state index contributed by atoms with van der Waals surface area (Å²) in [4.78, 5) is 40.3. The van der Waals surface area contributed by atoms with Gasteiger partial charge in [-0.05, 0) is 24.3 Å². The molecule has 158 valence electrons. The first-order valence-electron chi connectivity index (χ1n) is 9.83. The van der Waals surface area contributed by atoms with Crippen molar-refractivity contribution in [1.29, 1.82) is 0 Å². The van der Waals surface area contributed by atoms with E-state index in [1.807, 2.05) is 0 Å². The zero-order chi connectivity index (χ0) is 22.2. The number of para-hydroxylation sites is 1. The Balaban J connectivity index is 1.58. The topological polar surface area (TPSA) is 92.0 Å². The van der Waals surface area contributed by atoms with Crippen molar-refractivity contribution < 1.29 is 14.0 Å². The number of anilines is 1. The van der Waals surface area contributed by atoms with E-state index < -0.39 is 23.8 Å². The van der Waals surface area contributed by atoms with E-state index >= 15 is 0 Å². The van der Waals surface area contributed by atoms with E-state index in [4.69, 9.17) is 0 Å². The van der Waals surface area contributed by atoms with Crippen molar-refractivity contribution in [1.82, 2.24) is 19.7 Å². The van der Waals surface area contributed by atoms with Crippen LogP contribution in [0.1, 0.15) is 21.6 Å². The predicted molar refractivity (Wildman–Crippen MR) is 116 cm³/mol. The van der Waals surface area contributed by atoms with Crippen LogP contribution in [0.15, 0.2) is 78.2 Å². The van der Waals surface area contributed by atoms with Crippen molar-refractivity contribution in [2.45, 2.75) is 6.17 Å². The van der Waals surface area contributed by atoms with Gasteiger partial charge in [-0.3, -0.25) is 14.0 Å². The van der Waals surface area contributed by atoms with Gasteiger partial charge in [-0.25, -0.2) is 19.4 Å². The van der Waals surface area contributed by atoms with Gasteiger partial charge >= 0.3 is 0 Å². The normalized spacial score (nSPS) is 15.8. The maximum Gasteiger partial charge on any atom is 0.273 e. The Hall–Kier alpha value is -4.40. The van der Waals surface area contributed by atoms with E-state index in [2.05, 4.69) is 20.3 Å². The van der Waals surface area contributed by atoms with Crippen molar-refractivity contribution >= 4 is 29.0 Å². The summed E-state index contributed by atoms with van der Waals surface area (Å²) in [5, 5.41) is 2.63. The van der Waals surface area contributed by atoms with E-state index in [0.29, 0.717) is 17.0 Å². The molecule has 9 heteroatoms. The van der Waals surface area contributed by atoms with Gasteiger partial charge in [0.2, 0.25) is 11.9 Å². The monoisotopic (exact) mass is 428 g/mol. The molecule has 32 heavy (non-hydrogen) atoms. The first-order chi connectivity index (χ1) is 15.5. The van der Waals surface area contributed by atoms with E-state index in [1.165, 1.54) is 17.2 Å². The van der Waals surface area contributed by atoms with Crippen LogP contribution in [-0.4, -0.2) is 45.1 Å². The van der Waals surface area contributed by atoms with Crippen LogP contribution in [0, 0.1) is 5.82 Å². The summed E-state index contributed by atoms with van der Waals surface area (Å²) in [6.07, 6.45) is 3.52. The average molecular weight is 428 g/mol. The Kier molecular flexibility index (Phi) is 4.70. The molecule has 0 saturated heterocycles. The molecule has 1 N–H and O–H groups in total. The molecule has 4 aromatic rings. The fourth-order valence-corrected chi connectivity index (χ4v) is 3.62. The Labute approximate surface area is 182 Å². The van der Waals surface area contributed by atoms with Gasteiger partial charge in [0.25, 0.3) is 11.8 Å². The average Bonchev–Trinajstić information content (AvgIpc) is 3.22. The number of nitrogens with one attached hydrogen (secondary N) is 1. The Morgan fingerprint density at radius 1 is 1.06 bits per heavy atom. The van der Waals surface area contributed by atoms with E-state index in [-0.39, 0.29) is 17.0 Å². The maximum atomic E-state index is 14.7. The highest BCUT2D eigenvalue weighted by Gasteiger charge is 2.32. The molecule has 2 amide bonds. The highest BCUT2D eigenvalue weighted by molar-refractivity contribution is 6.20. The summed E-state index contributed by atoms with van der Waals surface area (Å²) in [6.45, 7) is 0. The van der Waals surface area contributed by atoms with Crippen LogP contribution in [0.4, 0.5) is 10.1 Å². The summed E-state index contributed by atoms with van der Waals surface area (Å²) < 4.78 is 16.3. The Bertz CT molecular complexity index is 1360. The molecule has 0 fully saturated rings. The summed E-state index contributed by atoms with van der Waals surface area (Å²) in [5.41, 5.74) is 1.75. The minimum absolute atomic E-state index is 0.0866. The Morgan fingerprint density at radius 2 is 1.81 bits per heavy atom. The number of hydrogen-bond donors (Lipinski definition) is 1. The molecule has 0 radical (unpaired) electrons. The molecule has 0 bridgehead atoms. The molecule has 1 aliphatic rings. The van der Waals surface area contributed by atoms with Crippen LogP contribution in [0.2, 0.25) is 0 Å². The number of nitrogens with zero attached hydrogens (tertiary/aromatic N) is 5. The number of carbonyl (C=O) groups excluding carboxylic acids is 2. The predicted octanol–water partition coefficient (Wildman–Crippen LogP) is 2.44. The second-order valence-corrected chi connectivity index (χ2v) is 7.20. The van der Waals surface area contributed by atoms with Crippen molar-refractivity contribution in [3.63, 3.8) is 0 Å². The first kappa shape index (κ1) is 19.6. The number of benzodiazepines with no additional fused rings is 1. The number of carbonyl (C=O) groups is 2. The van der Waals surface area contributed by atoms with Gasteiger partial charge in [0.15, 0.2) is 0 Å². The number of amides is 2. The third kappa shape index (κ3) is 3.29. The lowest BCUT2D eigenvalue weighted by molar-refractivity contribution is -0.119. The molecule has 0 spiro atoms. The summed E-state index contributed by atoms with van der Waals surface area (Å²) in [7, 11) is 1.59. The van der Waals surface area contributed by atoms with Crippen molar-refractivity contribution in [3.05, 3.63) is 95.8 Å². The van der Waals surface area contributed by atoms with Crippen LogP contribution < -0.4 is 10.2 Å². The van der Waals surface area contributed by atoms with Crippen LogP contribution in [0.3, 0.4) is 0 Å². The standard InChI is InChI=1S/C23H17FN6O2/c1-29-18-10-5-3-8-15(18)19(14-7-2-4-9-16(14)24)27-20(22(29)32)28-21(31)17-13-30-12-6-11-25-23(30)26-17/h2-13,20H,1H3,(H,28,31). The molecule has 0 aliphatic carbocycles. The minimum atomic E-state index is -1.27. The van der Waals surface area contributed by atoms with Crippen LogP contribution in [-0.2, 0) is 4.79 Å². The third-order valence-corrected chi connectivity index (χ3v) is 5.21. The smallest absolute Gasteiger partial charge is 0.273 e. The minimum Gasteiger partial charge on any atom is -0.321 e. The van der Waals surface area contributed by atoms with Gasteiger partial charge < -0.3 is 10.2 Å². The molecule has 5 rings (SSSR count). The highest BCUT2D eigenvalue weighted by Crippen LogP contribution is 2.28. The number of hydrogen-bond acceptors (Lipinski definition) is 5. The lowest BCUT2D eigenvalue weighted by atomic mass is 10.00. The van der Waals surface area contributed by atoms with Crippen molar-refractivity contribution in [3.8, 4) is 0 Å². The van der Waals surface area contributed by atoms with Gasteiger partial charge in [-0.2, -0.15) is 0 Å². The fourth-order valence-electron chi connectivity index (χ4n) is 3.62. The number of benzene rings is 2. The van der Waals surface area contributed by atoms with E-state index in [1.54, 1.807) is 72.4 Å². The molecule has 1 atom stereocenters. The molecule has 1 unspecified atom stereocenters. The molecular weight excluding hydrogens is 411 g/mol. The molecule has 0 saturated carbocycles. The van der Waals surface area contributed by atoms with Crippen LogP contribution in [0.25, 0.3) is 5.78 Å². The second-order valence-electron chi connectivity index (χ2n) is 7.20. The number of aromatic nitrogens is 3. The molecule has 1 aliphatic heterocycles. The number of fused-ring (bicyclic) bond motifs is 2. The number of imidazole rings is 1. The second kappa shape index (κ2) is 7.69. The zero-order valence-electron chi connectivity index (χ0n) is 16.9. The van der Waals surface area contributed by atoms with Crippen LogP contribution >= 0.6 is 0 Å². The first-order valence-corrected chi connectivity index (χ1v) is 9.83. The van der Waals surface area contributed by atoms with Crippen LogP contribution in [0.5, 0.6) is 0 Å². The van der Waals surface area contributed by atoms with Gasteiger partial charge in [0, 0.05) is 36.8 Å². The van der Waals surface area contributed by atoms with Gasteiger partial charge in [-0.1, -0.05) is 30.3 Å². The van der Waals surface area contributed by atoms with Gasteiger partial charge in [0.05, 0.1) is 11.4 Å². The summed E-state index contributed by atoms with van der Waals surface area (Å²) in [5.74, 6) is -1.18. The number of halogens is 1.